The molecule has 4 aromatic rings. The van der Waals surface area contributed by atoms with Gasteiger partial charge in [0.05, 0.1) is 101 Å². The van der Waals surface area contributed by atoms with Crippen molar-refractivity contribution < 1.29 is 70.3 Å². The van der Waals surface area contributed by atoms with E-state index in [0.717, 1.165) is 146 Å². The monoisotopic (exact) mass is 1300 g/mol. The first-order valence-electron chi connectivity index (χ1n) is 33.4. The first-order chi connectivity index (χ1) is 40.9. The molecule has 4 atom stereocenters. The highest BCUT2D eigenvalue weighted by atomic mass is 35.5. The van der Waals surface area contributed by atoms with Crippen molar-refractivity contribution >= 4 is 31.0 Å². The summed E-state index contributed by atoms with van der Waals surface area (Å²) in [5.41, 5.74) is 3.58. The zero-order valence-corrected chi connectivity index (χ0v) is 59.5. The van der Waals surface area contributed by atoms with Crippen LogP contribution >= 0.6 is 0 Å². The first-order valence-corrected chi connectivity index (χ1v) is 36.7. The summed E-state index contributed by atoms with van der Waals surface area (Å²) in [5, 5.41) is 25.1. The Morgan fingerprint density at radius 2 is 0.739 bits per heavy atom. The predicted molar refractivity (Wildman–Crippen MR) is 358 cm³/mol. The van der Waals surface area contributed by atoms with E-state index >= 15 is 0 Å². The van der Waals surface area contributed by atoms with Gasteiger partial charge >= 0.3 is 0 Å². The highest BCUT2D eigenvalue weighted by Crippen LogP contribution is 2.52. The number of nitrogens with zero attached hydrogens (tertiary/aromatic N) is 4. The molecule has 2 aliphatic heterocycles. The van der Waals surface area contributed by atoms with Gasteiger partial charge in [-0.15, -0.1) is 0 Å². The maximum absolute atomic E-state index is 14.3. The van der Waals surface area contributed by atoms with Crippen molar-refractivity contribution in [2.24, 2.45) is 10.8 Å². The quantitative estimate of drug-likeness (QED) is 0.0334. The van der Waals surface area contributed by atoms with E-state index in [1.165, 1.54) is 38.8 Å². The van der Waals surface area contributed by atoms with Crippen LogP contribution in [0.25, 0.3) is 0 Å². The van der Waals surface area contributed by atoms with E-state index in [4.69, 9.17) is 9.47 Å². The zero-order valence-electron chi connectivity index (χ0n) is 56.3. The van der Waals surface area contributed by atoms with Crippen LogP contribution in [0.5, 0.6) is 11.5 Å². The van der Waals surface area contributed by atoms with Gasteiger partial charge in [-0.1, -0.05) is 103 Å². The van der Waals surface area contributed by atoms with Crippen molar-refractivity contribution in [1.29, 1.82) is 0 Å². The molecule has 0 fully saturated rings. The lowest BCUT2D eigenvalue weighted by atomic mass is 9.68. The molecule has 0 saturated heterocycles. The van der Waals surface area contributed by atoms with E-state index in [1.807, 2.05) is 111 Å². The maximum atomic E-state index is 14.3. The molecular formula is C72H116Cl2N4O8S2. The van der Waals surface area contributed by atoms with Gasteiger partial charge in [-0.3, -0.25) is 0 Å². The number of hydrogen-bond acceptors (Lipinski definition) is 10. The number of sulfone groups is 2. The number of aliphatic hydroxyl groups excluding tert-OH is 2. The molecule has 2 heterocycles. The smallest absolute Gasteiger partial charge is 0.179 e. The maximum Gasteiger partial charge on any atom is 0.179 e. The molecule has 16 heteroatoms. The Morgan fingerprint density at radius 1 is 0.443 bits per heavy atom. The summed E-state index contributed by atoms with van der Waals surface area (Å²) in [6, 6.07) is 27.4. The number of quaternary nitrogens is 2. The molecule has 2 unspecified atom stereocenters. The lowest BCUT2D eigenvalue weighted by Crippen LogP contribution is -3.00. The third-order valence-corrected chi connectivity index (χ3v) is 23.4. The number of anilines is 2. The van der Waals surface area contributed by atoms with Crippen LogP contribution in [-0.4, -0.2) is 156 Å². The summed E-state index contributed by atoms with van der Waals surface area (Å²) in [6.45, 7) is 14.5. The van der Waals surface area contributed by atoms with E-state index in [2.05, 4.69) is 55.9 Å². The van der Waals surface area contributed by atoms with Gasteiger partial charge in [0.1, 0.15) is 11.5 Å². The zero-order chi connectivity index (χ0) is 62.8. The summed E-state index contributed by atoms with van der Waals surface area (Å²) >= 11 is 0. The third kappa shape index (κ3) is 21.0. The second-order valence-corrected chi connectivity index (χ2v) is 31.8. The summed E-state index contributed by atoms with van der Waals surface area (Å²) in [5.74, 6) is 0.574. The first kappa shape index (κ1) is 76.9. The van der Waals surface area contributed by atoms with Gasteiger partial charge in [0, 0.05) is 62.2 Å². The number of benzene rings is 4. The van der Waals surface area contributed by atoms with Gasteiger partial charge in [0.2, 0.25) is 0 Å². The number of hydrogen-bond donors (Lipinski definition) is 2. The average Bonchev–Trinajstić information content (AvgIpc) is 1.59. The molecule has 2 aliphatic rings. The number of aliphatic hydroxyl groups is 2. The van der Waals surface area contributed by atoms with Crippen molar-refractivity contribution in [1.82, 2.24) is 0 Å². The van der Waals surface area contributed by atoms with Crippen molar-refractivity contribution in [3.8, 4) is 11.5 Å². The van der Waals surface area contributed by atoms with E-state index in [-0.39, 0.29) is 36.3 Å². The van der Waals surface area contributed by atoms with Crippen LogP contribution in [0, 0.1) is 10.8 Å². The fourth-order valence-electron chi connectivity index (χ4n) is 14.0. The molecule has 2 N–H and O–H groups in total. The molecule has 88 heavy (non-hydrogen) atoms. The fourth-order valence-corrected chi connectivity index (χ4v) is 18.4. The highest BCUT2D eigenvalue weighted by Gasteiger charge is 2.51. The van der Waals surface area contributed by atoms with Crippen LogP contribution in [0.1, 0.15) is 203 Å². The number of ether oxygens (including phenoxy) is 2. The molecule has 0 spiro atoms. The number of rotatable bonds is 37. The minimum atomic E-state index is -3.66. The van der Waals surface area contributed by atoms with Crippen LogP contribution < -0.4 is 44.1 Å². The normalized spacial score (nSPS) is 19.2. The van der Waals surface area contributed by atoms with Gasteiger partial charge < -0.3 is 63.3 Å². The number of unbranched alkanes of at least 4 members (excludes halogenated alkanes) is 11. The summed E-state index contributed by atoms with van der Waals surface area (Å²) < 4.78 is 71.6. The molecule has 4 aromatic carbocycles. The number of fused-ring (bicyclic) bond motifs is 2. The Labute approximate surface area is 547 Å². The van der Waals surface area contributed by atoms with Crippen LogP contribution in [0.4, 0.5) is 11.4 Å². The van der Waals surface area contributed by atoms with Crippen LogP contribution in [0.15, 0.2) is 94.7 Å². The Hall–Kier alpha value is -3.60. The van der Waals surface area contributed by atoms with E-state index in [9.17, 15) is 27.0 Å². The van der Waals surface area contributed by atoms with Gasteiger partial charge in [0.25, 0.3) is 0 Å². The van der Waals surface area contributed by atoms with E-state index in [1.54, 1.807) is 12.1 Å². The molecular weight excluding hydrogens is 1180 g/mol. The molecule has 6 rings (SSSR count). The van der Waals surface area contributed by atoms with Crippen LogP contribution in [-0.2, 0) is 19.7 Å². The summed E-state index contributed by atoms with van der Waals surface area (Å²) in [4.78, 5) is 4.68. The molecule has 0 aliphatic carbocycles. The molecule has 12 nitrogen and oxygen atoms in total. The Kier molecular flexibility index (Phi) is 31.0. The minimum Gasteiger partial charge on any atom is -1.00 e. The van der Waals surface area contributed by atoms with Crippen molar-refractivity contribution in [2.75, 3.05) is 117 Å². The molecule has 0 bridgehead atoms. The SMILES string of the molecule is CCCCC1(CCCC)CS(=O)(=O)c2ccc(N(C)C)cc2C(c2ccc(OCCCCC[N+](C)(C)CCCCCC[N+](C)(C)CCCCCOc3ccc([C@@H]4c5cc(N(C)C)ccc5S(=O)(=O)CC(CCCC)(CCCC)[C@@H]4O)cc3)cc2)C1O.[Cl-].[Cl-]. The Balaban J connectivity index is 0.00000828. The van der Waals surface area contributed by atoms with Gasteiger partial charge in [-0.25, -0.2) is 16.8 Å². The number of halogens is 2. The minimum absolute atomic E-state index is 0. The topological polar surface area (TPSA) is 134 Å². The van der Waals surface area contributed by atoms with Crippen molar-refractivity contribution in [3.63, 3.8) is 0 Å². The van der Waals surface area contributed by atoms with E-state index < -0.39 is 54.5 Å². The van der Waals surface area contributed by atoms with E-state index in [0.29, 0.717) is 59.8 Å². The molecule has 0 aromatic heterocycles. The summed E-state index contributed by atoms with van der Waals surface area (Å²) in [7, 11) is 10.0. The fraction of sp³-hybridized carbons (Fsp3) is 0.667. The lowest BCUT2D eigenvalue weighted by Gasteiger charge is -2.40. The standard InChI is InChI=1S/C72H116N4O8S2.2ClH/c1-13-17-43-71(44-18-14-2)55-85(79,80)65-41-35-59(73(5)6)53-63(65)67(69(71)77)57-31-37-61(38-32-57)83-51-29-23-27-49-75(9,10)47-25-21-22-26-48-76(11,12)50-28-24-30-52-84-62-39-33-58(34-40-62)68-64-54-60(74(7)8)36-42-66(64)86(81,82)56-72(70(68)78,45-19-15-3)46-20-16-4;;/h31-42,53-54,67-70,77-78H,13-30,43-52,55-56H2,1-12H3;2*1H/q+2;;/p-2/t67-,68?,69-,70?;;/m1../s1. The highest BCUT2D eigenvalue weighted by molar-refractivity contribution is 7.91. The Bertz CT molecular complexity index is 2710. The van der Waals surface area contributed by atoms with Gasteiger partial charge in [-0.2, -0.15) is 0 Å². The average molecular weight is 1300 g/mol. The van der Waals surface area contributed by atoms with Crippen LogP contribution in [0.2, 0.25) is 0 Å². The second-order valence-electron chi connectivity index (χ2n) is 27.9. The lowest BCUT2D eigenvalue weighted by molar-refractivity contribution is -0.891. The van der Waals surface area contributed by atoms with Crippen molar-refractivity contribution in [2.45, 2.75) is 203 Å². The molecule has 0 radical (unpaired) electrons. The second kappa shape index (κ2) is 35.4. The molecule has 0 saturated carbocycles. The van der Waals surface area contributed by atoms with Gasteiger partial charge in [-0.05, 0) is 173 Å². The molecule has 498 valence electrons. The largest absolute Gasteiger partial charge is 1.00 e. The van der Waals surface area contributed by atoms with Crippen molar-refractivity contribution in [3.05, 3.63) is 107 Å². The molecule has 0 amide bonds. The van der Waals surface area contributed by atoms with Crippen LogP contribution in [0.3, 0.4) is 0 Å². The Morgan fingerprint density at radius 3 is 1.02 bits per heavy atom. The third-order valence-electron chi connectivity index (χ3n) is 19.4. The predicted octanol–water partition coefficient (Wildman–Crippen LogP) is 8.63. The van der Waals surface area contributed by atoms with Gasteiger partial charge in [0.15, 0.2) is 19.7 Å². The summed E-state index contributed by atoms with van der Waals surface area (Å²) in [6.07, 6.45) is 19.8.